The molecule has 2 aromatic rings. The summed E-state index contributed by atoms with van der Waals surface area (Å²) >= 11 is 0. The van der Waals surface area contributed by atoms with Crippen LogP contribution in [0.3, 0.4) is 0 Å². The Kier molecular flexibility index (Phi) is 4.67. The highest BCUT2D eigenvalue weighted by Gasteiger charge is 2.46. The third-order valence-corrected chi connectivity index (χ3v) is 7.00. The molecule has 0 N–H and O–H groups in total. The second-order valence-corrected chi connectivity index (χ2v) is 8.98. The van der Waals surface area contributed by atoms with E-state index in [4.69, 9.17) is 0 Å². The Bertz CT molecular complexity index is 810. The molecule has 3 heterocycles. The maximum Gasteiger partial charge on any atom is 0.272 e. The second kappa shape index (κ2) is 7.32. The van der Waals surface area contributed by atoms with Crippen molar-refractivity contribution < 1.29 is 4.79 Å². The lowest BCUT2D eigenvalue weighted by molar-refractivity contribution is 0.0109. The molecule has 3 aliphatic rings. The molecular formula is C24H29N3O. The van der Waals surface area contributed by atoms with Crippen LogP contribution in [0.2, 0.25) is 0 Å². The minimum atomic E-state index is 0.0879. The standard InChI is InChI=1S/C24H29N3O/c28-23(22-8-4-5-13-25-22)26-14-11-24(12-15-26)16-20(19-6-2-1-3-7-19)17-27(18-24)21-9-10-21/h1-8,13,20-21H,9-12,14-18H2/t20-/m1/s1. The number of aromatic nitrogens is 1. The molecule has 28 heavy (non-hydrogen) atoms. The Hall–Kier alpha value is -2.20. The molecule has 0 unspecified atom stereocenters. The Morgan fingerprint density at radius 2 is 1.75 bits per heavy atom. The SMILES string of the molecule is O=C(c1ccccn1)N1CCC2(CC1)C[C@@H](c1ccccc1)CN(C1CC1)C2. The van der Waals surface area contributed by atoms with Gasteiger partial charge in [-0.25, -0.2) is 0 Å². The lowest BCUT2D eigenvalue weighted by atomic mass is 9.68. The second-order valence-electron chi connectivity index (χ2n) is 8.98. The third kappa shape index (κ3) is 3.58. The fourth-order valence-electron chi connectivity index (χ4n) is 5.29. The first-order valence-electron chi connectivity index (χ1n) is 10.7. The molecule has 1 aliphatic carbocycles. The predicted octanol–water partition coefficient (Wildman–Crippen LogP) is 3.96. The monoisotopic (exact) mass is 375 g/mol. The molecule has 146 valence electrons. The van der Waals surface area contributed by atoms with Gasteiger partial charge in [-0.15, -0.1) is 0 Å². The Morgan fingerprint density at radius 1 is 1.00 bits per heavy atom. The summed E-state index contributed by atoms with van der Waals surface area (Å²) in [6.07, 6.45) is 7.91. The topological polar surface area (TPSA) is 36.4 Å². The van der Waals surface area contributed by atoms with Crippen molar-refractivity contribution in [1.29, 1.82) is 0 Å². The number of benzene rings is 1. The van der Waals surface area contributed by atoms with Crippen LogP contribution in [0.15, 0.2) is 54.7 Å². The number of pyridine rings is 1. The zero-order valence-electron chi connectivity index (χ0n) is 16.5. The quantitative estimate of drug-likeness (QED) is 0.815. The summed E-state index contributed by atoms with van der Waals surface area (Å²) < 4.78 is 0. The number of piperidine rings is 2. The van der Waals surface area contributed by atoms with Crippen LogP contribution in [0.1, 0.15) is 54.1 Å². The van der Waals surface area contributed by atoms with E-state index in [0.717, 1.165) is 32.0 Å². The van der Waals surface area contributed by atoms with E-state index in [1.165, 1.54) is 37.9 Å². The smallest absolute Gasteiger partial charge is 0.272 e. The first-order chi connectivity index (χ1) is 13.7. The molecule has 2 saturated heterocycles. The number of carbonyl (C=O) groups excluding carboxylic acids is 1. The fraction of sp³-hybridized carbons (Fsp3) is 0.500. The van der Waals surface area contributed by atoms with E-state index >= 15 is 0 Å². The van der Waals surface area contributed by atoms with E-state index in [2.05, 4.69) is 40.2 Å². The van der Waals surface area contributed by atoms with Crippen molar-refractivity contribution in [2.75, 3.05) is 26.2 Å². The predicted molar refractivity (Wildman–Crippen MR) is 110 cm³/mol. The van der Waals surface area contributed by atoms with E-state index < -0.39 is 0 Å². The van der Waals surface area contributed by atoms with Gasteiger partial charge in [-0.3, -0.25) is 14.7 Å². The highest BCUT2D eigenvalue weighted by atomic mass is 16.2. The summed E-state index contributed by atoms with van der Waals surface area (Å²) in [5, 5.41) is 0. The van der Waals surface area contributed by atoms with Crippen LogP contribution in [0.5, 0.6) is 0 Å². The van der Waals surface area contributed by atoms with Crippen molar-refractivity contribution in [3.05, 3.63) is 66.0 Å². The molecule has 1 saturated carbocycles. The molecule has 3 fully saturated rings. The van der Waals surface area contributed by atoms with Gasteiger partial charge in [0.25, 0.3) is 5.91 Å². The maximum atomic E-state index is 12.8. The zero-order chi connectivity index (χ0) is 19.0. The summed E-state index contributed by atoms with van der Waals surface area (Å²) in [7, 11) is 0. The lowest BCUT2D eigenvalue weighted by Gasteiger charge is -2.50. The van der Waals surface area contributed by atoms with Gasteiger partial charge in [0.1, 0.15) is 5.69 Å². The van der Waals surface area contributed by atoms with Crippen LogP contribution >= 0.6 is 0 Å². The Morgan fingerprint density at radius 3 is 2.43 bits per heavy atom. The van der Waals surface area contributed by atoms with Crippen LogP contribution < -0.4 is 0 Å². The Balaban J connectivity index is 1.31. The molecular weight excluding hydrogens is 346 g/mol. The molecule has 2 aliphatic heterocycles. The molecule has 5 rings (SSSR count). The van der Waals surface area contributed by atoms with E-state index in [0.29, 0.717) is 17.0 Å². The number of hydrogen-bond donors (Lipinski definition) is 0. The van der Waals surface area contributed by atoms with Gasteiger partial charge < -0.3 is 4.90 Å². The summed E-state index contributed by atoms with van der Waals surface area (Å²) in [6.45, 7) is 4.13. The van der Waals surface area contributed by atoms with Gasteiger partial charge in [0.05, 0.1) is 0 Å². The van der Waals surface area contributed by atoms with E-state index in [1.54, 1.807) is 6.20 Å². The van der Waals surface area contributed by atoms with Crippen LogP contribution in [-0.4, -0.2) is 52.9 Å². The molecule has 0 bridgehead atoms. The Labute approximate surface area is 167 Å². The average molecular weight is 376 g/mol. The largest absolute Gasteiger partial charge is 0.337 e. The number of carbonyl (C=O) groups is 1. The van der Waals surface area contributed by atoms with E-state index in [-0.39, 0.29) is 5.91 Å². The highest BCUT2D eigenvalue weighted by Crippen LogP contribution is 2.47. The van der Waals surface area contributed by atoms with Crippen molar-refractivity contribution >= 4 is 5.91 Å². The number of amides is 1. The van der Waals surface area contributed by atoms with Crippen molar-refractivity contribution in [3.8, 4) is 0 Å². The van der Waals surface area contributed by atoms with E-state index in [9.17, 15) is 4.79 Å². The first kappa shape index (κ1) is 17.9. The minimum Gasteiger partial charge on any atom is -0.337 e. The molecule has 4 nitrogen and oxygen atoms in total. The van der Waals surface area contributed by atoms with Crippen molar-refractivity contribution in [3.63, 3.8) is 0 Å². The first-order valence-corrected chi connectivity index (χ1v) is 10.7. The van der Waals surface area contributed by atoms with Gasteiger partial charge in [0.15, 0.2) is 0 Å². The molecule has 0 radical (unpaired) electrons. The van der Waals surface area contributed by atoms with E-state index in [1.807, 2.05) is 23.1 Å². The van der Waals surface area contributed by atoms with Gasteiger partial charge in [0, 0.05) is 38.4 Å². The molecule has 1 aromatic carbocycles. The van der Waals surface area contributed by atoms with Crippen molar-refractivity contribution in [1.82, 2.24) is 14.8 Å². The summed E-state index contributed by atoms with van der Waals surface area (Å²) in [5.74, 6) is 0.707. The van der Waals surface area contributed by atoms with Gasteiger partial charge >= 0.3 is 0 Å². The molecule has 1 amide bonds. The summed E-state index contributed by atoms with van der Waals surface area (Å²) in [4.78, 5) is 21.8. The zero-order valence-corrected chi connectivity index (χ0v) is 16.5. The van der Waals surface area contributed by atoms with Crippen molar-refractivity contribution in [2.45, 2.75) is 44.1 Å². The number of nitrogens with zero attached hydrogens (tertiary/aromatic N) is 3. The van der Waals surface area contributed by atoms with Crippen LogP contribution in [-0.2, 0) is 0 Å². The van der Waals surface area contributed by atoms with Crippen LogP contribution in [0.25, 0.3) is 0 Å². The van der Waals surface area contributed by atoms with Crippen molar-refractivity contribution in [2.24, 2.45) is 5.41 Å². The lowest BCUT2D eigenvalue weighted by Crippen LogP contribution is -2.53. The maximum absolute atomic E-state index is 12.8. The minimum absolute atomic E-state index is 0.0879. The van der Waals surface area contributed by atoms with Gasteiger partial charge in [-0.05, 0) is 61.1 Å². The third-order valence-electron chi connectivity index (χ3n) is 7.00. The summed E-state index contributed by atoms with van der Waals surface area (Å²) in [5.41, 5.74) is 2.41. The normalized spacial score (nSPS) is 25.0. The molecule has 4 heteroatoms. The molecule has 1 spiro atoms. The highest BCUT2D eigenvalue weighted by molar-refractivity contribution is 5.92. The van der Waals surface area contributed by atoms with Gasteiger partial charge in [-0.1, -0.05) is 36.4 Å². The van der Waals surface area contributed by atoms with Gasteiger partial charge in [0.2, 0.25) is 0 Å². The molecule has 1 aromatic heterocycles. The number of hydrogen-bond acceptors (Lipinski definition) is 3. The number of likely N-dealkylation sites (tertiary alicyclic amines) is 2. The molecule has 1 atom stereocenters. The summed E-state index contributed by atoms with van der Waals surface area (Å²) in [6, 6.07) is 17.4. The van der Waals surface area contributed by atoms with Crippen LogP contribution in [0.4, 0.5) is 0 Å². The number of rotatable bonds is 3. The van der Waals surface area contributed by atoms with Crippen LogP contribution in [0, 0.1) is 5.41 Å². The average Bonchev–Trinajstić information content (AvgIpc) is 3.60. The van der Waals surface area contributed by atoms with Gasteiger partial charge in [-0.2, -0.15) is 0 Å². The fourth-order valence-corrected chi connectivity index (χ4v) is 5.29.